The van der Waals surface area contributed by atoms with Gasteiger partial charge < -0.3 is 0 Å². The molecule has 0 fully saturated rings. The van der Waals surface area contributed by atoms with Crippen LogP contribution in [0.4, 0.5) is 0 Å². The van der Waals surface area contributed by atoms with E-state index >= 15 is 0 Å². The van der Waals surface area contributed by atoms with E-state index in [4.69, 9.17) is 5.21 Å². The van der Waals surface area contributed by atoms with Crippen molar-refractivity contribution in [2.24, 2.45) is 5.90 Å². The lowest BCUT2D eigenvalue weighted by atomic mass is 11.7. The van der Waals surface area contributed by atoms with E-state index in [1.807, 2.05) is 0 Å². The van der Waals surface area contributed by atoms with Gasteiger partial charge in [0.15, 0.2) is 0 Å². The van der Waals surface area contributed by atoms with Crippen LogP contribution in [0.1, 0.15) is 0 Å². The molecule has 0 aliphatic heterocycles. The summed E-state index contributed by atoms with van der Waals surface area (Å²) in [5.74, 6) is 4.33. The van der Waals surface area contributed by atoms with E-state index in [0.717, 1.165) is 0 Å². The first-order chi connectivity index (χ1) is 2.81. The Morgan fingerprint density at radius 3 is 2.33 bits per heavy atom. The predicted molar refractivity (Wildman–Crippen MR) is 15.9 cm³/mol. The normalized spacial score (nSPS) is 10.0. The first-order valence-electron chi connectivity index (χ1n) is 1.21. The molecule has 0 saturated heterocycles. The Bertz CT molecular complexity index is 28.0. The van der Waals surface area contributed by atoms with Crippen LogP contribution in [0.15, 0.2) is 0 Å². The third-order valence-corrected chi connectivity index (χ3v) is 0.246. The molecule has 0 aromatic heterocycles. The zero-order valence-electron chi connectivity index (χ0n) is 3.29. The van der Waals surface area contributed by atoms with Crippen LogP contribution in [0.25, 0.3) is 0 Å². The van der Waals surface area contributed by atoms with Crippen LogP contribution < -0.4 is 5.90 Å². The Hall–Kier alpha value is -0.200. The minimum atomic E-state index is 0.0278. The summed E-state index contributed by atoms with van der Waals surface area (Å²) >= 11 is 0. The quantitative estimate of drug-likeness (QED) is 0.431. The Labute approximate surface area is 34.7 Å². The Morgan fingerprint density at radius 2 is 2.33 bits per heavy atom. The van der Waals surface area contributed by atoms with Crippen LogP contribution in [0.5, 0.6) is 0 Å². The fourth-order valence-corrected chi connectivity index (χ4v) is 0.0430. The standard InChI is InChI=1S/CH6N2O3/c1-5-3(4)6-2/h4H,2H2,1H3. The monoisotopic (exact) mass is 94.0 g/mol. The first-order valence-corrected chi connectivity index (χ1v) is 1.21. The molecular weight excluding hydrogens is 88.0 g/mol. The first kappa shape index (κ1) is 5.80. The maximum Gasteiger partial charge on any atom is 0.0914 e. The van der Waals surface area contributed by atoms with Gasteiger partial charge in [0.05, 0.1) is 12.5 Å². The molecule has 5 heteroatoms. The van der Waals surface area contributed by atoms with Crippen LogP contribution in [0, 0.1) is 0 Å². The molecule has 0 bridgehead atoms. The second kappa shape index (κ2) is 3.01. The number of rotatable bonds is 2. The molecule has 0 rings (SSSR count). The molecule has 0 aliphatic rings. The smallest absolute Gasteiger partial charge is 0.0914 e. The molecule has 0 aromatic carbocycles. The van der Waals surface area contributed by atoms with Crippen molar-refractivity contribution < 1.29 is 15.0 Å². The van der Waals surface area contributed by atoms with Crippen molar-refractivity contribution in [2.75, 3.05) is 7.11 Å². The molecule has 0 atom stereocenters. The summed E-state index contributed by atoms with van der Waals surface area (Å²) in [5.41, 5.74) is 0. The van der Waals surface area contributed by atoms with E-state index in [0.29, 0.717) is 0 Å². The molecule has 0 spiro atoms. The molecule has 0 aliphatic carbocycles. The predicted octanol–water partition coefficient (Wildman–Crippen LogP) is -0.956. The summed E-state index contributed by atoms with van der Waals surface area (Å²) in [6.07, 6.45) is 0. The summed E-state index contributed by atoms with van der Waals surface area (Å²) in [5, 5.41) is 7.96. The summed E-state index contributed by atoms with van der Waals surface area (Å²) in [6.45, 7) is 0. The third-order valence-electron chi connectivity index (χ3n) is 0.246. The van der Waals surface area contributed by atoms with Gasteiger partial charge in [-0.3, -0.25) is 10.0 Å². The fraction of sp³-hybridized carbons (Fsp3) is 1.00. The van der Waals surface area contributed by atoms with Crippen molar-refractivity contribution in [3.8, 4) is 0 Å². The maximum absolute atomic E-state index is 7.93. The van der Waals surface area contributed by atoms with Gasteiger partial charge in [-0.25, -0.2) is 0 Å². The van der Waals surface area contributed by atoms with E-state index in [1.54, 1.807) is 0 Å². The molecule has 5 nitrogen and oxygen atoms in total. The Balaban J connectivity index is 2.75. The molecule has 0 unspecified atom stereocenters. The van der Waals surface area contributed by atoms with Gasteiger partial charge in [0.25, 0.3) is 0 Å². The summed E-state index contributed by atoms with van der Waals surface area (Å²) < 4.78 is 0. The lowest BCUT2D eigenvalue weighted by molar-refractivity contribution is -0.505. The Morgan fingerprint density at radius 1 is 1.83 bits per heavy atom. The SMILES string of the molecule is CON(O)ON. The highest BCUT2D eigenvalue weighted by molar-refractivity contribution is 3.57. The van der Waals surface area contributed by atoms with Gasteiger partial charge in [0, 0.05) is 0 Å². The summed E-state index contributed by atoms with van der Waals surface area (Å²) in [4.78, 5) is 7.51. The number of nitrogens with zero attached hydrogens (tertiary/aromatic N) is 1. The molecule has 0 amide bonds. The van der Waals surface area contributed by atoms with Gasteiger partial charge in [0.1, 0.15) is 0 Å². The van der Waals surface area contributed by atoms with E-state index in [1.165, 1.54) is 7.11 Å². The second-order valence-electron chi connectivity index (χ2n) is 0.526. The molecular formula is CH6N2O3. The number of hydrogen-bond acceptors (Lipinski definition) is 5. The van der Waals surface area contributed by atoms with Crippen molar-refractivity contribution >= 4 is 0 Å². The van der Waals surface area contributed by atoms with Crippen molar-refractivity contribution in [1.82, 2.24) is 5.39 Å². The zero-order chi connectivity index (χ0) is 4.99. The topological polar surface area (TPSA) is 68.0 Å². The molecule has 0 radical (unpaired) electrons. The van der Waals surface area contributed by atoms with E-state index < -0.39 is 0 Å². The van der Waals surface area contributed by atoms with Crippen molar-refractivity contribution in [3.05, 3.63) is 0 Å². The average Bonchev–Trinajstić information content (AvgIpc) is 1.65. The van der Waals surface area contributed by atoms with Gasteiger partial charge in [-0.05, 0) is 0 Å². The van der Waals surface area contributed by atoms with E-state index in [-0.39, 0.29) is 5.39 Å². The molecule has 0 heterocycles. The van der Waals surface area contributed by atoms with Gasteiger partial charge in [0.2, 0.25) is 0 Å². The average molecular weight is 94.1 g/mol. The van der Waals surface area contributed by atoms with E-state index in [9.17, 15) is 0 Å². The second-order valence-corrected chi connectivity index (χ2v) is 0.526. The highest BCUT2D eigenvalue weighted by Crippen LogP contribution is 1.70. The molecule has 38 valence electrons. The van der Waals surface area contributed by atoms with Crippen LogP contribution in [0.2, 0.25) is 0 Å². The largest absolute Gasteiger partial charge is 0.265 e. The van der Waals surface area contributed by atoms with E-state index in [2.05, 4.69) is 15.7 Å². The fourth-order valence-electron chi connectivity index (χ4n) is 0.0430. The minimum Gasteiger partial charge on any atom is -0.265 e. The van der Waals surface area contributed by atoms with Gasteiger partial charge in [-0.1, -0.05) is 0 Å². The van der Waals surface area contributed by atoms with Crippen LogP contribution >= 0.6 is 0 Å². The molecule has 0 saturated carbocycles. The Kier molecular flexibility index (Phi) is 2.91. The highest BCUT2D eigenvalue weighted by atomic mass is 17.1. The van der Waals surface area contributed by atoms with Crippen LogP contribution in [-0.4, -0.2) is 17.7 Å². The molecule has 0 aromatic rings. The molecule has 3 N–H and O–H groups in total. The summed E-state index contributed by atoms with van der Waals surface area (Å²) in [6, 6.07) is 0. The van der Waals surface area contributed by atoms with Gasteiger partial charge in [-0.2, -0.15) is 10.8 Å². The lowest BCUT2D eigenvalue weighted by Gasteiger charge is -2.02. The number of hydrogen-bond donors (Lipinski definition) is 2. The zero-order valence-corrected chi connectivity index (χ0v) is 3.29. The number of nitrogens with two attached hydrogens (primary N) is 1. The summed E-state index contributed by atoms with van der Waals surface area (Å²) in [7, 11) is 1.20. The highest BCUT2D eigenvalue weighted by Gasteiger charge is 1.86. The van der Waals surface area contributed by atoms with Gasteiger partial charge >= 0.3 is 0 Å². The molecule has 6 heavy (non-hydrogen) atoms. The minimum absolute atomic E-state index is 0.0278. The van der Waals surface area contributed by atoms with Crippen LogP contribution in [-0.2, 0) is 9.78 Å². The third kappa shape index (κ3) is 2.06. The van der Waals surface area contributed by atoms with Crippen molar-refractivity contribution in [3.63, 3.8) is 0 Å². The van der Waals surface area contributed by atoms with Gasteiger partial charge in [-0.15, -0.1) is 0 Å². The van der Waals surface area contributed by atoms with Crippen molar-refractivity contribution in [2.45, 2.75) is 0 Å². The maximum atomic E-state index is 7.93. The van der Waals surface area contributed by atoms with Crippen molar-refractivity contribution in [1.29, 1.82) is 0 Å². The van der Waals surface area contributed by atoms with Crippen LogP contribution in [0.3, 0.4) is 0 Å². The lowest BCUT2D eigenvalue weighted by Crippen LogP contribution is -2.21.